The summed E-state index contributed by atoms with van der Waals surface area (Å²) in [7, 11) is 0. The smallest absolute Gasteiger partial charge is 0.106 e. The Balaban J connectivity index is 2.04. The number of unbranched alkanes of at least 4 members (excludes halogenated alkanes) is 1. The topological polar surface area (TPSA) is 68.6 Å². The monoisotopic (exact) mass is 279 g/mol. The molecule has 1 aliphatic heterocycles. The van der Waals surface area contributed by atoms with Gasteiger partial charge in [0.05, 0.1) is 18.0 Å². The first-order valence-corrected chi connectivity index (χ1v) is 7.49. The van der Waals surface area contributed by atoms with Gasteiger partial charge < -0.3 is 20.4 Å². The Morgan fingerprint density at radius 3 is 2.75 bits per heavy atom. The molecule has 1 aliphatic rings. The van der Waals surface area contributed by atoms with Crippen molar-refractivity contribution in [3.8, 4) is 0 Å². The molecule has 1 saturated heterocycles. The normalized spacial score (nSPS) is 18.9. The van der Waals surface area contributed by atoms with E-state index in [1.165, 1.54) is 0 Å². The Kier molecular flexibility index (Phi) is 5.76. The third kappa shape index (κ3) is 3.91. The maximum atomic E-state index is 10.2. The molecule has 5 heteroatoms. The molecule has 2 unspecified atom stereocenters. The van der Waals surface area contributed by atoms with Crippen LogP contribution in [-0.4, -0.2) is 47.5 Å². The van der Waals surface area contributed by atoms with E-state index in [1.807, 2.05) is 12.3 Å². The molecular formula is C15H25N3O2. The average Bonchev–Trinajstić information content (AvgIpc) is 2.53. The van der Waals surface area contributed by atoms with E-state index in [0.717, 1.165) is 44.7 Å². The lowest BCUT2D eigenvalue weighted by Crippen LogP contribution is -2.43. The van der Waals surface area contributed by atoms with E-state index in [2.05, 4.69) is 22.1 Å². The summed E-state index contributed by atoms with van der Waals surface area (Å²) in [5.74, 6) is 0. The fourth-order valence-electron chi connectivity index (χ4n) is 2.50. The van der Waals surface area contributed by atoms with Gasteiger partial charge in [-0.3, -0.25) is 4.98 Å². The molecule has 2 rings (SSSR count). The van der Waals surface area contributed by atoms with Gasteiger partial charge in [-0.1, -0.05) is 19.8 Å². The van der Waals surface area contributed by atoms with E-state index in [9.17, 15) is 10.2 Å². The van der Waals surface area contributed by atoms with Crippen LogP contribution in [0, 0.1) is 0 Å². The van der Waals surface area contributed by atoms with E-state index >= 15 is 0 Å². The number of nitrogens with zero attached hydrogens (tertiary/aromatic N) is 2. The molecule has 1 fully saturated rings. The zero-order valence-electron chi connectivity index (χ0n) is 12.1. The second-order valence-corrected chi connectivity index (χ2v) is 5.37. The molecule has 1 aromatic rings. The van der Waals surface area contributed by atoms with Gasteiger partial charge in [0.2, 0.25) is 0 Å². The first-order valence-electron chi connectivity index (χ1n) is 7.49. The zero-order valence-corrected chi connectivity index (χ0v) is 12.1. The second kappa shape index (κ2) is 7.57. The summed E-state index contributed by atoms with van der Waals surface area (Å²) < 4.78 is 0. The van der Waals surface area contributed by atoms with Gasteiger partial charge in [0.1, 0.15) is 6.10 Å². The molecule has 20 heavy (non-hydrogen) atoms. The van der Waals surface area contributed by atoms with Crippen molar-refractivity contribution in [2.24, 2.45) is 0 Å². The maximum absolute atomic E-state index is 10.2. The Labute approximate surface area is 120 Å². The first-order chi connectivity index (χ1) is 9.72. The van der Waals surface area contributed by atoms with E-state index in [-0.39, 0.29) is 0 Å². The number of hydrogen-bond acceptors (Lipinski definition) is 5. The van der Waals surface area contributed by atoms with Crippen LogP contribution in [0.2, 0.25) is 0 Å². The molecule has 0 spiro atoms. The molecule has 2 heterocycles. The van der Waals surface area contributed by atoms with Gasteiger partial charge in [-0.15, -0.1) is 0 Å². The molecule has 3 N–H and O–H groups in total. The number of aliphatic hydroxyl groups excluding tert-OH is 2. The van der Waals surface area contributed by atoms with Gasteiger partial charge in [0.25, 0.3) is 0 Å². The number of anilines is 1. The summed E-state index contributed by atoms with van der Waals surface area (Å²) in [6, 6.07) is 1.94. The minimum Gasteiger partial charge on any atom is -0.390 e. The Morgan fingerprint density at radius 2 is 2.05 bits per heavy atom. The van der Waals surface area contributed by atoms with Crippen molar-refractivity contribution in [1.29, 1.82) is 0 Å². The molecule has 0 aliphatic carbocycles. The van der Waals surface area contributed by atoms with Gasteiger partial charge in [-0.2, -0.15) is 0 Å². The van der Waals surface area contributed by atoms with Gasteiger partial charge >= 0.3 is 0 Å². The number of pyridine rings is 1. The number of hydrogen-bond donors (Lipinski definition) is 3. The molecule has 0 radical (unpaired) electrons. The van der Waals surface area contributed by atoms with Crippen LogP contribution in [0.1, 0.15) is 37.9 Å². The molecule has 112 valence electrons. The molecule has 0 saturated carbocycles. The van der Waals surface area contributed by atoms with Crippen LogP contribution in [0.5, 0.6) is 0 Å². The van der Waals surface area contributed by atoms with Crippen LogP contribution < -0.4 is 10.2 Å². The highest BCUT2D eigenvalue weighted by Gasteiger charge is 2.19. The zero-order chi connectivity index (χ0) is 14.4. The minimum atomic E-state index is -0.850. The number of aliphatic hydroxyl groups is 2. The van der Waals surface area contributed by atoms with Crippen molar-refractivity contribution >= 4 is 5.69 Å². The lowest BCUT2D eigenvalue weighted by atomic mass is 10.0. The lowest BCUT2D eigenvalue weighted by molar-refractivity contribution is 0.0121. The van der Waals surface area contributed by atoms with E-state index in [4.69, 9.17) is 0 Å². The SMILES string of the molecule is CCCCC(O)C(O)c1cncc(N2CCNCC2)c1. The fraction of sp³-hybridized carbons (Fsp3) is 0.667. The van der Waals surface area contributed by atoms with Crippen LogP contribution in [0.3, 0.4) is 0 Å². The van der Waals surface area contributed by atoms with Gasteiger partial charge in [0.15, 0.2) is 0 Å². The summed E-state index contributed by atoms with van der Waals surface area (Å²) in [6.45, 7) is 5.89. The highest BCUT2D eigenvalue weighted by atomic mass is 16.3. The maximum Gasteiger partial charge on any atom is 0.106 e. The van der Waals surface area contributed by atoms with Crippen LogP contribution in [0.4, 0.5) is 5.69 Å². The molecule has 1 aromatic heterocycles. The predicted molar refractivity (Wildman–Crippen MR) is 79.8 cm³/mol. The third-order valence-corrected chi connectivity index (χ3v) is 3.79. The lowest BCUT2D eigenvalue weighted by Gasteiger charge is -2.29. The molecule has 2 atom stereocenters. The summed E-state index contributed by atoms with van der Waals surface area (Å²) in [5.41, 5.74) is 1.72. The van der Waals surface area contributed by atoms with E-state index in [0.29, 0.717) is 12.0 Å². The largest absolute Gasteiger partial charge is 0.390 e. The number of aromatic nitrogens is 1. The van der Waals surface area contributed by atoms with Gasteiger partial charge in [-0.05, 0) is 12.5 Å². The van der Waals surface area contributed by atoms with Crippen molar-refractivity contribution in [3.63, 3.8) is 0 Å². The highest BCUT2D eigenvalue weighted by molar-refractivity contribution is 5.47. The summed E-state index contributed by atoms with van der Waals surface area (Å²) in [6.07, 6.45) is 4.46. The number of piperazine rings is 1. The van der Waals surface area contributed by atoms with E-state index < -0.39 is 12.2 Å². The minimum absolute atomic E-state index is 0.621. The third-order valence-electron chi connectivity index (χ3n) is 3.79. The number of rotatable bonds is 6. The van der Waals surface area contributed by atoms with Crippen molar-refractivity contribution in [3.05, 3.63) is 24.0 Å². The van der Waals surface area contributed by atoms with E-state index in [1.54, 1.807) is 6.20 Å². The number of nitrogens with one attached hydrogen (secondary N) is 1. The summed E-state index contributed by atoms with van der Waals surface area (Å²) >= 11 is 0. The van der Waals surface area contributed by atoms with Crippen molar-refractivity contribution in [2.75, 3.05) is 31.1 Å². The Morgan fingerprint density at radius 1 is 1.30 bits per heavy atom. The van der Waals surface area contributed by atoms with Crippen molar-refractivity contribution in [1.82, 2.24) is 10.3 Å². The summed E-state index contributed by atoms with van der Waals surface area (Å²) in [4.78, 5) is 6.46. The van der Waals surface area contributed by atoms with Crippen molar-refractivity contribution < 1.29 is 10.2 Å². The fourth-order valence-corrected chi connectivity index (χ4v) is 2.50. The van der Waals surface area contributed by atoms with Crippen LogP contribution >= 0.6 is 0 Å². The highest BCUT2D eigenvalue weighted by Crippen LogP contribution is 2.24. The first kappa shape index (κ1) is 15.2. The van der Waals surface area contributed by atoms with Crippen molar-refractivity contribution in [2.45, 2.75) is 38.4 Å². The molecule has 0 amide bonds. The second-order valence-electron chi connectivity index (χ2n) is 5.37. The Bertz CT molecular complexity index is 408. The summed E-state index contributed by atoms with van der Waals surface area (Å²) in [5, 5.41) is 23.5. The van der Waals surface area contributed by atoms with Crippen LogP contribution in [-0.2, 0) is 0 Å². The van der Waals surface area contributed by atoms with Gasteiger partial charge in [-0.25, -0.2) is 0 Å². The molecule has 0 aromatic carbocycles. The quantitative estimate of drug-likeness (QED) is 0.727. The Hall–Kier alpha value is -1.17. The van der Waals surface area contributed by atoms with Crippen LogP contribution in [0.25, 0.3) is 0 Å². The average molecular weight is 279 g/mol. The molecule has 5 nitrogen and oxygen atoms in total. The molecule has 0 bridgehead atoms. The molecular weight excluding hydrogens is 254 g/mol. The standard InChI is InChI=1S/C15H25N3O2/c1-2-3-4-14(19)15(20)12-9-13(11-17-10-12)18-7-5-16-6-8-18/h9-11,14-16,19-20H,2-8H2,1H3. The predicted octanol–water partition coefficient (Wildman–Crippen LogP) is 1.08. The van der Waals surface area contributed by atoms with Gasteiger partial charge in [0, 0.05) is 37.9 Å². The van der Waals surface area contributed by atoms with Crippen LogP contribution in [0.15, 0.2) is 18.5 Å².